The maximum absolute atomic E-state index is 10.8. The standard InChI is InChI=1S/C12H14BrNO2/c1-2-14(9-4-5-9)11-6-3-8(12(15)16)7-10(11)13/h3,6-7,9H,2,4-5H2,1H3,(H,15,16). The highest BCUT2D eigenvalue weighted by Crippen LogP contribution is 2.35. The summed E-state index contributed by atoms with van der Waals surface area (Å²) in [5.74, 6) is -0.887. The molecule has 4 heteroatoms. The van der Waals surface area contributed by atoms with E-state index in [1.807, 2.05) is 6.07 Å². The van der Waals surface area contributed by atoms with Crippen molar-refractivity contribution in [2.24, 2.45) is 0 Å². The summed E-state index contributed by atoms with van der Waals surface area (Å²) in [7, 11) is 0. The average molecular weight is 284 g/mol. The normalized spacial score (nSPS) is 14.9. The molecule has 1 aliphatic rings. The van der Waals surface area contributed by atoms with Gasteiger partial charge in [-0.15, -0.1) is 0 Å². The summed E-state index contributed by atoms with van der Waals surface area (Å²) < 4.78 is 0.862. The maximum Gasteiger partial charge on any atom is 0.335 e. The van der Waals surface area contributed by atoms with Crippen molar-refractivity contribution in [3.05, 3.63) is 28.2 Å². The van der Waals surface area contributed by atoms with E-state index in [9.17, 15) is 4.79 Å². The Morgan fingerprint density at radius 1 is 1.56 bits per heavy atom. The van der Waals surface area contributed by atoms with Gasteiger partial charge < -0.3 is 10.0 Å². The van der Waals surface area contributed by atoms with Crippen molar-refractivity contribution in [3.63, 3.8) is 0 Å². The van der Waals surface area contributed by atoms with Crippen molar-refractivity contribution in [2.75, 3.05) is 11.4 Å². The molecule has 16 heavy (non-hydrogen) atoms. The summed E-state index contributed by atoms with van der Waals surface area (Å²) in [6.45, 7) is 3.07. The van der Waals surface area contributed by atoms with Crippen LogP contribution in [0.2, 0.25) is 0 Å². The summed E-state index contributed by atoms with van der Waals surface area (Å²) in [5.41, 5.74) is 1.41. The van der Waals surface area contributed by atoms with E-state index in [0.29, 0.717) is 11.6 Å². The summed E-state index contributed by atoms with van der Waals surface area (Å²) >= 11 is 3.45. The van der Waals surface area contributed by atoms with E-state index < -0.39 is 5.97 Å². The van der Waals surface area contributed by atoms with E-state index in [-0.39, 0.29) is 0 Å². The zero-order chi connectivity index (χ0) is 11.7. The van der Waals surface area contributed by atoms with Crippen LogP contribution < -0.4 is 4.90 Å². The molecule has 3 nitrogen and oxygen atoms in total. The predicted octanol–water partition coefficient (Wildman–Crippen LogP) is 3.14. The van der Waals surface area contributed by atoms with Gasteiger partial charge in [-0.05, 0) is 53.9 Å². The highest BCUT2D eigenvalue weighted by atomic mass is 79.9. The van der Waals surface area contributed by atoms with Crippen molar-refractivity contribution < 1.29 is 9.90 Å². The Morgan fingerprint density at radius 3 is 2.69 bits per heavy atom. The molecule has 0 bridgehead atoms. The Bertz CT molecular complexity index is 415. The lowest BCUT2D eigenvalue weighted by atomic mass is 10.2. The number of carbonyl (C=O) groups is 1. The summed E-state index contributed by atoms with van der Waals surface area (Å²) in [4.78, 5) is 13.1. The molecule has 0 aliphatic heterocycles. The van der Waals surface area contributed by atoms with Gasteiger partial charge in [0.25, 0.3) is 0 Å². The third-order valence-corrected chi connectivity index (χ3v) is 3.47. The molecule has 1 aliphatic carbocycles. The molecule has 0 unspecified atom stereocenters. The number of hydrogen-bond donors (Lipinski definition) is 1. The van der Waals surface area contributed by atoms with Crippen LogP contribution in [0, 0.1) is 0 Å². The van der Waals surface area contributed by atoms with Crippen LogP contribution >= 0.6 is 15.9 Å². The smallest absolute Gasteiger partial charge is 0.335 e. The molecular weight excluding hydrogens is 270 g/mol. The highest BCUT2D eigenvalue weighted by molar-refractivity contribution is 9.10. The van der Waals surface area contributed by atoms with Gasteiger partial charge in [-0.2, -0.15) is 0 Å². The zero-order valence-electron chi connectivity index (χ0n) is 9.11. The van der Waals surface area contributed by atoms with Gasteiger partial charge in [0, 0.05) is 17.1 Å². The van der Waals surface area contributed by atoms with Crippen LogP contribution in [0.1, 0.15) is 30.1 Å². The first-order chi connectivity index (χ1) is 7.63. The fraction of sp³-hybridized carbons (Fsp3) is 0.417. The van der Waals surface area contributed by atoms with Crippen LogP contribution in [-0.2, 0) is 0 Å². The molecule has 0 atom stereocenters. The predicted molar refractivity (Wildman–Crippen MR) is 67.1 cm³/mol. The molecule has 1 aromatic rings. The lowest BCUT2D eigenvalue weighted by molar-refractivity contribution is 0.0697. The topological polar surface area (TPSA) is 40.5 Å². The van der Waals surface area contributed by atoms with Gasteiger partial charge in [-0.3, -0.25) is 0 Å². The van der Waals surface area contributed by atoms with E-state index >= 15 is 0 Å². The SMILES string of the molecule is CCN(c1ccc(C(=O)O)cc1Br)C1CC1. The Kier molecular flexibility index (Phi) is 3.19. The fourth-order valence-electron chi connectivity index (χ4n) is 1.88. The quantitative estimate of drug-likeness (QED) is 0.923. The van der Waals surface area contributed by atoms with Crippen LogP contribution in [-0.4, -0.2) is 23.7 Å². The number of nitrogens with zero attached hydrogens (tertiary/aromatic N) is 1. The summed E-state index contributed by atoms with van der Waals surface area (Å²) in [5, 5.41) is 8.88. The molecule has 1 saturated carbocycles. The van der Waals surface area contributed by atoms with E-state index in [1.165, 1.54) is 12.8 Å². The first kappa shape index (κ1) is 11.5. The molecule has 0 radical (unpaired) electrons. The number of aromatic carboxylic acids is 1. The third kappa shape index (κ3) is 2.21. The Hall–Kier alpha value is -1.03. The lowest BCUT2D eigenvalue weighted by Gasteiger charge is -2.24. The molecule has 86 valence electrons. The second-order valence-corrected chi connectivity index (χ2v) is 4.84. The van der Waals surface area contributed by atoms with Crippen LogP contribution in [0.5, 0.6) is 0 Å². The molecule has 0 amide bonds. The second-order valence-electron chi connectivity index (χ2n) is 3.99. The number of anilines is 1. The molecule has 1 aromatic carbocycles. The van der Waals surface area contributed by atoms with Gasteiger partial charge in [0.15, 0.2) is 0 Å². The highest BCUT2D eigenvalue weighted by Gasteiger charge is 2.29. The second kappa shape index (κ2) is 4.45. The summed E-state index contributed by atoms with van der Waals surface area (Å²) in [6, 6.07) is 5.85. The Balaban J connectivity index is 2.30. The molecule has 2 rings (SSSR count). The Morgan fingerprint density at radius 2 is 2.25 bits per heavy atom. The zero-order valence-corrected chi connectivity index (χ0v) is 10.7. The van der Waals surface area contributed by atoms with E-state index in [0.717, 1.165) is 16.7 Å². The number of rotatable bonds is 4. The minimum atomic E-state index is -0.887. The van der Waals surface area contributed by atoms with Crippen molar-refractivity contribution in [2.45, 2.75) is 25.8 Å². The van der Waals surface area contributed by atoms with Crippen LogP contribution in [0.25, 0.3) is 0 Å². The fourth-order valence-corrected chi connectivity index (χ4v) is 2.49. The van der Waals surface area contributed by atoms with Crippen molar-refractivity contribution in [1.82, 2.24) is 0 Å². The maximum atomic E-state index is 10.8. The minimum Gasteiger partial charge on any atom is -0.478 e. The monoisotopic (exact) mass is 283 g/mol. The van der Waals surface area contributed by atoms with Crippen LogP contribution in [0.4, 0.5) is 5.69 Å². The number of carboxylic acids is 1. The minimum absolute atomic E-state index is 0.322. The van der Waals surface area contributed by atoms with E-state index in [4.69, 9.17) is 5.11 Å². The molecule has 1 fully saturated rings. The van der Waals surface area contributed by atoms with Gasteiger partial charge in [-0.1, -0.05) is 0 Å². The van der Waals surface area contributed by atoms with Gasteiger partial charge in [0.2, 0.25) is 0 Å². The van der Waals surface area contributed by atoms with Gasteiger partial charge in [-0.25, -0.2) is 4.79 Å². The molecule has 0 heterocycles. The summed E-state index contributed by atoms with van der Waals surface area (Å²) in [6.07, 6.45) is 2.47. The molecule has 0 saturated heterocycles. The van der Waals surface area contributed by atoms with Crippen LogP contribution in [0.15, 0.2) is 22.7 Å². The number of hydrogen-bond acceptors (Lipinski definition) is 2. The van der Waals surface area contributed by atoms with Crippen molar-refractivity contribution >= 4 is 27.6 Å². The molecule has 0 spiro atoms. The van der Waals surface area contributed by atoms with Crippen molar-refractivity contribution in [3.8, 4) is 0 Å². The van der Waals surface area contributed by atoms with Crippen molar-refractivity contribution in [1.29, 1.82) is 0 Å². The van der Waals surface area contributed by atoms with Gasteiger partial charge in [0.05, 0.1) is 11.3 Å². The molecular formula is C12H14BrNO2. The van der Waals surface area contributed by atoms with E-state index in [1.54, 1.807) is 12.1 Å². The lowest BCUT2D eigenvalue weighted by Crippen LogP contribution is -2.25. The number of carboxylic acid groups (broad SMARTS) is 1. The van der Waals surface area contributed by atoms with Crippen LogP contribution in [0.3, 0.4) is 0 Å². The third-order valence-electron chi connectivity index (χ3n) is 2.83. The number of halogens is 1. The Labute approximate surface area is 103 Å². The van der Waals surface area contributed by atoms with Gasteiger partial charge >= 0.3 is 5.97 Å². The largest absolute Gasteiger partial charge is 0.478 e. The molecule has 0 aromatic heterocycles. The van der Waals surface area contributed by atoms with E-state index in [2.05, 4.69) is 27.8 Å². The average Bonchev–Trinajstić information content (AvgIpc) is 3.05. The van der Waals surface area contributed by atoms with Gasteiger partial charge in [0.1, 0.15) is 0 Å². The first-order valence-corrected chi connectivity index (χ1v) is 6.22. The number of benzene rings is 1. The first-order valence-electron chi connectivity index (χ1n) is 5.43. The molecule has 1 N–H and O–H groups in total.